The lowest BCUT2D eigenvalue weighted by Gasteiger charge is -2.39. The highest BCUT2D eigenvalue weighted by Crippen LogP contribution is 2.27. The molecule has 2 heterocycles. The molecule has 1 aliphatic heterocycles. The number of anilines is 2. The second kappa shape index (κ2) is 3.63. The fourth-order valence-electron chi connectivity index (χ4n) is 1.45. The molecular weight excluding hydrogens is 202 g/mol. The van der Waals surface area contributed by atoms with E-state index in [4.69, 9.17) is 22.1 Å². The maximum atomic E-state index is 5.79. The number of nitrogens with zero attached hydrogens (tertiary/aromatic N) is 2. The zero-order valence-electron chi connectivity index (χ0n) is 7.90. The van der Waals surface area contributed by atoms with E-state index in [1.54, 1.807) is 19.2 Å². The third-order valence-electron chi connectivity index (χ3n) is 2.35. The molecule has 2 N–H and O–H groups in total. The van der Waals surface area contributed by atoms with Gasteiger partial charge in [-0.1, -0.05) is 11.6 Å². The van der Waals surface area contributed by atoms with E-state index < -0.39 is 0 Å². The van der Waals surface area contributed by atoms with Crippen molar-refractivity contribution in [3.05, 3.63) is 17.3 Å². The van der Waals surface area contributed by atoms with Gasteiger partial charge in [0.1, 0.15) is 5.15 Å². The minimum Gasteiger partial charge on any atom is -0.396 e. The van der Waals surface area contributed by atoms with Crippen LogP contribution in [0.5, 0.6) is 0 Å². The molecule has 5 heteroatoms. The second-order valence-corrected chi connectivity index (χ2v) is 3.70. The molecule has 1 saturated heterocycles. The Morgan fingerprint density at radius 1 is 1.57 bits per heavy atom. The molecule has 0 atom stereocenters. The van der Waals surface area contributed by atoms with Gasteiger partial charge in [0.15, 0.2) is 5.82 Å². The molecule has 0 radical (unpaired) electrons. The number of methoxy groups -OCH3 is 1. The molecule has 4 nitrogen and oxygen atoms in total. The van der Waals surface area contributed by atoms with Crippen LogP contribution in [0.3, 0.4) is 0 Å². The van der Waals surface area contributed by atoms with E-state index in [0.717, 1.165) is 18.9 Å². The van der Waals surface area contributed by atoms with E-state index in [1.165, 1.54) is 0 Å². The van der Waals surface area contributed by atoms with E-state index >= 15 is 0 Å². The van der Waals surface area contributed by atoms with Gasteiger partial charge >= 0.3 is 0 Å². The zero-order chi connectivity index (χ0) is 10.1. The summed E-state index contributed by atoms with van der Waals surface area (Å²) in [5.74, 6) is 0.755. The van der Waals surface area contributed by atoms with Crippen LogP contribution in [0.2, 0.25) is 5.15 Å². The first-order valence-electron chi connectivity index (χ1n) is 4.40. The number of hydrogen-bond acceptors (Lipinski definition) is 4. The smallest absolute Gasteiger partial charge is 0.153 e. The standard InChI is InChI=1S/C9H12ClN3O/c1-14-6-4-13(5-6)9-7(11)2-3-8(10)12-9/h2-3,6H,4-5,11H2,1H3. The Balaban J connectivity index is 2.13. The number of rotatable bonds is 2. The third-order valence-corrected chi connectivity index (χ3v) is 2.56. The molecule has 0 unspecified atom stereocenters. The summed E-state index contributed by atoms with van der Waals surface area (Å²) in [7, 11) is 1.71. The van der Waals surface area contributed by atoms with E-state index in [1.807, 2.05) is 0 Å². The van der Waals surface area contributed by atoms with Gasteiger partial charge in [0.2, 0.25) is 0 Å². The first-order valence-corrected chi connectivity index (χ1v) is 4.78. The van der Waals surface area contributed by atoms with Crippen molar-refractivity contribution in [1.82, 2.24) is 4.98 Å². The third kappa shape index (κ3) is 1.63. The number of pyridine rings is 1. The van der Waals surface area contributed by atoms with Crippen molar-refractivity contribution in [1.29, 1.82) is 0 Å². The monoisotopic (exact) mass is 213 g/mol. The zero-order valence-corrected chi connectivity index (χ0v) is 8.66. The van der Waals surface area contributed by atoms with Crippen LogP contribution in [-0.2, 0) is 4.74 Å². The maximum Gasteiger partial charge on any atom is 0.153 e. The maximum absolute atomic E-state index is 5.79. The van der Waals surface area contributed by atoms with Crippen LogP contribution in [0.15, 0.2) is 12.1 Å². The summed E-state index contributed by atoms with van der Waals surface area (Å²) in [6, 6.07) is 3.46. The second-order valence-electron chi connectivity index (χ2n) is 3.31. The van der Waals surface area contributed by atoms with Gasteiger partial charge in [0.25, 0.3) is 0 Å². The predicted octanol–water partition coefficient (Wildman–Crippen LogP) is 1.15. The number of halogens is 1. The summed E-state index contributed by atoms with van der Waals surface area (Å²) in [6.45, 7) is 1.65. The van der Waals surface area contributed by atoms with Gasteiger partial charge in [-0.15, -0.1) is 0 Å². The van der Waals surface area contributed by atoms with Crippen molar-refractivity contribution in [3.8, 4) is 0 Å². The van der Waals surface area contributed by atoms with Crippen molar-refractivity contribution in [3.63, 3.8) is 0 Å². The van der Waals surface area contributed by atoms with Crippen LogP contribution >= 0.6 is 11.6 Å². The Kier molecular flexibility index (Phi) is 2.48. The topological polar surface area (TPSA) is 51.4 Å². The van der Waals surface area contributed by atoms with Crippen LogP contribution in [0.1, 0.15) is 0 Å². The molecule has 1 aromatic rings. The summed E-state index contributed by atoms with van der Waals surface area (Å²) < 4.78 is 5.16. The lowest BCUT2D eigenvalue weighted by atomic mass is 10.1. The van der Waals surface area contributed by atoms with Gasteiger partial charge in [0, 0.05) is 20.2 Å². The molecule has 0 bridgehead atoms. The van der Waals surface area contributed by atoms with Crippen LogP contribution in [0.4, 0.5) is 11.5 Å². The molecule has 1 aliphatic rings. The Hall–Kier alpha value is -1.00. The van der Waals surface area contributed by atoms with Crippen molar-refractivity contribution in [2.45, 2.75) is 6.10 Å². The predicted molar refractivity (Wildman–Crippen MR) is 56.7 cm³/mol. The lowest BCUT2D eigenvalue weighted by Crippen LogP contribution is -2.52. The summed E-state index contributed by atoms with van der Waals surface area (Å²) in [6.07, 6.45) is 0.287. The Morgan fingerprint density at radius 3 is 2.93 bits per heavy atom. The first kappa shape index (κ1) is 9.55. The highest BCUT2D eigenvalue weighted by atomic mass is 35.5. The molecule has 0 spiro atoms. The molecule has 2 rings (SSSR count). The largest absolute Gasteiger partial charge is 0.396 e. The lowest BCUT2D eigenvalue weighted by molar-refractivity contribution is 0.0784. The van der Waals surface area contributed by atoms with Crippen molar-refractivity contribution < 1.29 is 4.74 Å². The minimum atomic E-state index is 0.287. The number of nitrogens with two attached hydrogens (primary N) is 1. The van der Waals surface area contributed by atoms with Gasteiger partial charge in [-0.25, -0.2) is 4.98 Å². The summed E-state index contributed by atoms with van der Waals surface area (Å²) in [5, 5.41) is 0.468. The Labute approximate surface area is 87.6 Å². The van der Waals surface area contributed by atoms with Crippen molar-refractivity contribution >= 4 is 23.1 Å². The van der Waals surface area contributed by atoms with Gasteiger partial charge in [0.05, 0.1) is 11.8 Å². The number of nitrogen functional groups attached to an aromatic ring is 1. The van der Waals surface area contributed by atoms with Gasteiger partial charge < -0.3 is 15.4 Å². The first-order chi connectivity index (χ1) is 6.70. The number of hydrogen-bond donors (Lipinski definition) is 1. The molecular formula is C9H12ClN3O. The number of aromatic nitrogens is 1. The molecule has 0 aromatic carbocycles. The van der Waals surface area contributed by atoms with Gasteiger partial charge in [-0.2, -0.15) is 0 Å². The Bertz CT molecular complexity index is 339. The van der Waals surface area contributed by atoms with Crippen molar-refractivity contribution in [2.24, 2.45) is 0 Å². The van der Waals surface area contributed by atoms with E-state index in [9.17, 15) is 0 Å². The highest BCUT2D eigenvalue weighted by molar-refractivity contribution is 6.29. The quantitative estimate of drug-likeness (QED) is 0.749. The molecule has 0 aliphatic carbocycles. The van der Waals surface area contributed by atoms with Crippen molar-refractivity contribution in [2.75, 3.05) is 30.8 Å². The van der Waals surface area contributed by atoms with E-state index in [0.29, 0.717) is 10.8 Å². The Morgan fingerprint density at radius 2 is 2.29 bits per heavy atom. The van der Waals surface area contributed by atoms with Crippen LogP contribution in [-0.4, -0.2) is 31.3 Å². The number of ether oxygens (including phenoxy) is 1. The fourth-order valence-corrected chi connectivity index (χ4v) is 1.59. The van der Waals surface area contributed by atoms with E-state index in [2.05, 4.69) is 9.88 Å². The van der Waals surface area contributed by atoms with Gasteiger partial charge in [-0.3, -0.25) is 0 Å². The average molecular weight is 214 g/mol. The molecule has 0 amide bonds. The van der Waals surface area contributed by atoms with Crippen LogP contribution in [0, 0.1) is 0 Å². The fraction of sp³-hybridized carbons (Fsp3) is 0.444. The highest BCUT2D eigenvalue weighted by Gasteiger charge is 2.28. The molecule has 1 fully saturated rings. The SMILES string of the molecule is COC1CN(c2nc(Cl)ccc2N)C1. The van der Waals surface area contributed by atoms with Gasteiger partial charge in [-0.05, 0) is 12.1 Å². The van der Waals surface area contributed by atoms with E-state index in [-0.39, 0.29) is 6.10 Å². The summed E-state index contributed by atoms with van der Waals surface area (Å²) >= 11 is 5.79. The molecule has 0 saturated carbocycles. The normalized spacial score (nSPS) is 16.9. The minimum absolute atomic E-state index is 0.287. The summed E-state index contributed by atoms with van der Waals surface area (Å²) in [5.41, 5.74) is 6.44. The average Bonchev–Trinajstić information content (AvgIpc) is 2.09. The summed E-state index contributed by atoms with van der Waals surface area (Å²) in [4.78, 5) is 6.23. The van der Waals surface area contributed by atoms with Crippen LogP contribution in [0.25, 0.3) is 0 Å². The molecule has 14 heavy (non-hydrogen) atoms. The van der Waals surface area contributed by atoms with Crippen LogP contribution < -0.4 is 10.6 Å². The molecule has 76 valence electrons. The molecule has 1 aromatic heterocycles.